The molecule has 3 heterocycles. The predicted molar refractivity (Wildman–Crippen MR) is 99.0 cm³/mol. The molecule has 0 unspecified atom stereocenters. The van der Waals surface area contributed by atoms with Crippen LogP contribution in [-0.2, 0) is 24.2 Å². The van der Waals surface area contributed by atoms with E-state index in [0.717, 1.165) is 37.2 Å². The summed E-state index contributed by atoms with van der Waals surface area (Å²) in [7, 11) is 0. The van der Waals surface area contributed by atoms with E-state index in [1.165, 1.54) is 27.9 Å². The highest BCUT2D eigenvalue weighted by atomic mass is 32.2. The van der Waals surface area contributed by atoms with E-state index in [-0.39, 0.29) is 5.91 Å². The maximum absolute atomic E-state index is 12.1. The third-order valence-corrected chi connectivity index (χ3v) is 5.34. The van der Waals surface area contributed by atoms with Gasteiger partial charge in [0, 0.05) is 43.2 Å². The molecule has 124 valence electrons. The van der Waals surface area contributed by atoms with Crippen LogP contribution in [0.5, 0.6) is 0 Å². The van der Waals surface area contributed by atoms with Crippen molar-refractivity contribution >= 4 is 23.5 Å². The third kappa shape index (κ3) is 2.82. The van der Waals surface area contributed by atoms with Crippen molar-refractivity contribution in [2.45, 2.75) is 32.7 Å². The molecular formula is C19H21N3OS. The second-order valence-electron chi connectivity index (χ2n) is 6.27. The molecule has 1 aromatic heterocycles. The van der Waals surface area contributed by atoms with Gasteiger partial charge >= 0.3 is 0 Å². The van der Waals surface area contributed by atoms with Crippen LogP contribution in [0, 0.1) is 0 Å². The Kier molecular flexibility index (Phi) is 4.29. The van der Waals surface area contributed by atoms with Crippen molar-refractivity contribution in [3.8, 4) is 11.1 Å². The number of nitrogens with one attached hydrogen (secondary N) is 1. The molecule has 24 heavy (non-hydrogen) atoms. The molecule has 0 spiro atoms. The van der Waals surface area contributed by atoms with Crippen LogP contribution in [0.1, 0.15) is 30.0 Å². The zero-order valence-corrected chi connectivity index (χ0v) is 14.7. The van der Waals surface area contributed by atoms with Gasteiger partial charge in [0.2, 0.25) is 5.91 Å². The number of hydrogen-bond acceptors (Lipinski definition) is 4. The summed E-state index contributed by atoms with van der Waals surface area (Å²) < 4.78 is 3.35. The lowest BCUT2D eigenvalue weighted by atomic mass is 9.94. The monoisotopic (exact) mass is 339 g/mol. The summed E-state index contributed by atoms with van der Waals surface area (Å²) in [4.78, 5) is 18.4. The zero-order valence-electron chi connectivity index (χ0n) is 13.8. The molecule has 0 atom stereocenters. The number of nitrogens with zero attached hydrogens (tertiary/aromatic N) is 2. The highest BCUT2D eigenvalue weighted by Crippen LogP contribution is 2.39. The van der Waals surface area contributed by atoms with E-state index in [1.807, 2.05) is 17.3 Å². The zero-order chi connectivity index (χ0) is 16.5. The van der Waals surface area contributed by atoms with Gasteiger partial charge in [-0.05, 0) is 53.3 Å². The van der Waals surface area contributed by atoms with Crippen LogP contribution in [-0.4, -0.2) is 23.2 Å². The Hall–Kier alpha value is -1.85. The summed E-state index contributed by atoms with van der Waals surface area (Å²) in [5, 5.41) is 0. The van der Waals surface area contributed by atoms with Gasteiger partial charge in [0.1, 0.15) is 0 Å². The SMILES string of the molecule is CCSNCc1cncc(-c2cc3c4c(c2)CCN4C(=O)CC3)c1. The standard InChI is InChI=1S/C19H21N3OS/c1-2-24-21-11-13-7-17(12-20-10-13)16-8-14-3-4-18(23)22-6-5-15(9-16)19(14)22/h7-10,12,21H,2-6,11H2,1H3. The lowest BCUT2D eigenvalue weighted by Crippen LogP contribution is -2.32. The molecule has 2 aliphatic rings. The largest absolute Gasteiger partial charge is 0.312 e. The van der Waals surface area contributed by atoms with E-state index in [1.54, 1.807) is 11.9 Å². The van der Waals surface area contributed by atoms with Crippen molar-refractivity contribution in [3.63, 3.8) is 0 Å². The van der Waals surface area contributed by atoms with E-state index in [4.69, 9.17) is 0 Å². The topological polar surface area (TPSA) is 45.2 Å². The van der Waals surface area contributed by atoms with E-state index >= 15 is 0 Å². The minimum Gasteiger partial charge on any atom is -0.312 e. The van der Waals surface area contributed by atoms with Gasteiger partial charge in [0.15, 0.2) is 0 Å². The van der Waals surface area contributed by atoms with E-state index < -0.39 is 0 Å². The number of aromatic nitrogens is 1. The molecule has 0 fully saturated rings. The number of pyridine rings is 1. The van der Waals surface area contributed by atoms with Gasteiger partial charge in [-0.3, -0.25) is 14.5 Å². The van der Waals surface area contributed by atoms with Crippen LogP contribution in [0.4, 0.5) is 5.69 Å². The number of aryl methyl sites for hydroxylation is 1. The number of amides is 1. The second-order valence-corrected chi connectivity index (χ2v) is 7.43. The molecular weight excluding hydrogens is 318 g/mol. The van der Waals surface area contributed by atoms with Gasteiger partial charge < -0.3 is 4.90 Å². The van der Waals surface area contributed by atoms with Gasteiger partial charge in [-0.2, -0.15) is 0 Å². The van der Waals surface area contributed by atoms with Crippen LogP contribution in [0.25, 0.3) is 11.1 Å². The first-order valence-corrected chi connectivity index (χ1v) is 9.50. The lowest BCUT2D eigenvalue weighted by Gasteiger charge is -2.25. The van der Waals surface area contributed by atoms with Crippen LogP contribution in [0.2, 0.25) is 0 Å². The van der Waals surface area contributed by atoms with Crippen molar-refractivity contribution in [2.75, 3.05) is 17.2 Å². The average molecular weight is 339 g/mol. The van der Waals surface area contributed by atoms with Crippen molar-refractivity contribution in [3.05, 3.63) is 47.3 Å². The Bertz CT molecular complexity index is 790. The molecule has 1 N–H and O–H groups in total. The highest BCUT2D eigenvalue weighted by Gasteiger charge is 2.31. The fourth-order valence-corrected chi connectivity index (χ4v) is 4.08. The molecule has 0 saturated heterocycles. The van der Waals surface area contributed by atoms with Crippen molar-refractivity contribution in [1.82, 2.24) is 9.71 Å². The van der Waals surface area contributed by atoms with E-state index in [9.17, 15) is 4.79 Å². The number of rotatable bonds is 5. The summed E-state index contributed by atoms with van der Waals surface area (Å²) in [6.07, 6.45) is 6.31. The molecule has 5 heteroatoms. The predicted octanol–water partition coefficient (Wildman–Crippen LogP) is 3.34. The number of anilines is 1. The van der Waals surface area contributed by atoms with Gasteiger partial charge in [0.05, 0.1) is 5.69 Å². The Morgan fingerprint density at radius 1 is 1.12 bits per heavy atom. The van der Waals surface area contributed by atoms with Gasteiger partial charge in [-0.1, -0.05) is 18.9 Å². The molecule has 0 saturated carbocycles. The molecule has 0 aliphatic carbocycles. The minimum absolute atomic E-state index is 0.275. The third-order valence-electron chi connectivity index (χ3n) is 4.70. The summed E-state index contributed by atoms with van der Waals surface area (Å²) in [5.41, 5.74) is 7.37. The summed E-state index contributed by atoms with van der Waals surface area (Å²) in [6, 6.07) is 6.70. The highest BCUT2D eigenvalue weighted by molar-refractivity contribution is 7.97. The maximum atomic E-state index is 12.1. The van der Waals surface area contributed by atoms with Gasteiger partial charge in [0.25, 0.3) is 0 Å². The molecule has 2 aliphatic heterocycles. The molecule has 4 nitrogen and oxygen atoms in total. The molecule has 1 amide bonds. The fraction of sp³-hybridized carbons (Fsp3) is 0.368. The fourth-order valence-electron chi connectivity index (χ4n) is 3.60. The smallest absolute Gasteiger partial charge is 0.227 e. The number of hydrogen-bond donors (Lipinski definition) is 1. The first-order valence-electron chi connectivity index (χ1n) is 8.51. The average Bonchev–Trinajstić information content (AvgIpc) is 3.04. The second kappa shape index (κ2) is 6.57. The first kappa shape index (κ1) is 15.7. The lowest BCUT2D eigenvalue weighted by molar-refractivity contribution is -0.118. The first-order chi connectivity index (χ1) is 11.8. The van der Waals surface area contributed by atoms with E-state index in [0.29, 0.717) is 6.42 Å². The molecule has 0 bridgehead atoms. The van der Waals surface area contributed by atoms with Gasteiger partial charge in [-0.15, -0.1) is 0 Å². The Morgan fingerprint density at radius 3 is 2.79 bits per heavy atom. The summed E-state index contributed by atoms with van der Waals surface area (Å²) in [5.74, 6) is 1.33. The summed E-state index contributed by atoms with van der Waals surface area (Å²) >= 11 is 1.72. The van der Waals surface area contributed by atoms with E-state index in [2.05, 4.69) is 34.8 Å². The molecule has 0 radical (unpaired) electrons. The molecule has 4 rings (SSSR count). The van der Waals surface area contributed by atoms with Crippen molar-refractivity contribution in [1.29, 1.82) is 0 Å². The Balaban J connectivity index is 1.66. The number of benzene rings is 1. The number of carbonyl (C=O) groups is 1. The quantitative estimate of drug-likeness (QED) is 0.670. The van der Waals surface area contributed by atoms with Crippen LogP contribution >= 0.6 is 11.9 Å². The van der Waals surface area contributed by atoms with Crippen molar-refractivity contribution < 1.29 is 4.79 Å². The van der Waals surface area contributed by atoms with Crippen LogP contribution in [0.15, 0.2) is 30.6 Å². The number of carbonyl (C=O) groups excluding carboxylic acids is 1. The van der Waals surface area contributed by atoms with Gasteiger partial charge in [-0.25, -0.2) is 0 Å². The van der Waals surface area contributed by atoms with Crippen molar-refractivity contribution in [2.24, 2.45) is 0 Å². The molecule has 2 aromatic rings. The Morgan fingerprint density at radius 2 is 1.96 bits per heavy atom. The minimum atomic E-state index is 0.275. The summed E-state index contributed by atoms with van der Waals surface area (Å²) in [6.45, 7) is 3.79. The molecule has 1 aromatic carbocycles. The van der Waals surface area contributed by atoms with Crippen LogP contribution < -0.4 is 9.62 Å². The maximum Gasteiger partial charge on any atom is 0.227 e. The Labute approximate surface area is 146 Å². The van der Waals surface area contributed by atoms with Crippen LogP contribution in [0.3, 0.4) is 0 Å². The normalized spacial score (nSPS) is 15.7.